The zero-order chi connectivity index (χ0) is 10.3. The molecule has 0 aromatic carbocycles. The van der Waals surface area contributed by atoms with Gasteiger partial charge in [-0.05, 0) is 85.9 Å². The maximum atomic E-state index is 1.66. The van der Waals surface area contributed by atoms with Gasteiger partial charge in [0.25, 0.3) is 0 Å². The first-order chi connectivity index (χ1) is 7.90. The van der Waals surface area contributed by atoms with E-state index in [2.05, 4.69) is 0 Å². The molecule has 0 aromatic rings. The Balaban J connectivity index is 1.52. The Morgan fingerprint density at radius 2 is 1.25 bits per heavy atom. The van der Waals surface area contributed by atoms with Gasteiger partial charge < -0.3 is 0 Å². The van der Waals surface area contributed by atoms with Crippen LogP contribution in [0.25, 0.3) is 0 Å². The van der Waals surface area contributed by atoms with Gasteiger partial charge >= 0.3 is 0 Å². The van der Waals surface area contributed by atoms with Crippen molar-refractivity contribution in [1.82, 2.24) is 0 Å². The monoisotopic (exact) mass is 216 g/mol. The van der Waals surface area contributed by atoms with E-state index in [1.165, 1.54) is 41.4 Å². The summed E-state index contributed by atoms with van der Waals surface area (Å²) in [6, 6.07) is 0. The highest BCUT2D eigenvalue weighted by Gasteiger charge is 2.63. The summed E-state index contributed by atoms with van der Waals surface area (Å²) in [5, 5.41) is 0. The second kappa shape index (κ2) is 2.87. The van der Waals surface area contributed by atoms with Gasteiger partial charge in [0.1, 0.15) is 0 Å². The van der Waals surface area contributed by atoms with Crippen molar-refractivity contribution in [3.8, 4) is 0 Å². The van der Waals surface area contributed by atoms with Gasteiger partial charge in [-0.3, -0.25) is 0 Å². The summed E-state index contributed by atoms with van der Waals surface area (Å²) in [7, 11) is 0. The second-order valence-corrected chi connectivity index (χ2v) is 7.82. The van der Waals surface area contributed by atoms with Crippen LogP contribution < -0.4 is 0 Å². The SMILES string of the molecule is C1CC2CC1CC1C3CCC4C(C3)C4C1C2. The molecule has 5 aliphatic rings. The van der Waals surface area contributed by atoms with E-state index in [0.717, 1.165) is 5.92 Å². The minimum atomic E-state index is 1.16. The molecule has 8 unspecified atom stereocenters. The molecule has 0 amide bonds. The minimum absolute atomic E-state index is 1.16. The fourth-order valence-electron chi connectivity index (χ4n) is 6.82. The third-order valence-corrected chi connectivity index (χ3v) is 7.35. The summed E-state index contributed by atoms with van der Waals surface area (Å²) < 4.78 is 0. The van der Waals surface area contributed by atoms with E-state index >= 15 is 0 Å². The van der Waals surface area contributed by atoms with Crippen LogP contribution in [0.4, 0.5) is 0 Å². The van der Waals surface area contributed by atoms with E-state index in [9.17, 15) is 0 Å². The van der Waals surface area contributed by atoms with Crippen LogP contribution in [0.3, 0.4) is 0 Å². The maximum absolute atomic E-state index is 1.66. The smallest absolute Gasteiger partial charge is 0.0321 e. The zero-order valence-electron chi connectivity index (χ0n) is 10.3. The predicted octanol–water partition coefficient (Wildman–Crippen LogP) is 4.10. The van der Waals surface area contributed by atoms with Crippen LogP contribution in [-0.2, 0) is 0 Å². The van der Waals surface area contributed by atoms with Gasteiger partial charge in [0.2, 0.25) is 0 Å². The quantitative estimate of drug-likeness (QED) is 0.572. The standard InChI is InChI=1S/C16H24/c1-2-10-5-9(1)6-13-11-3-4-12-15(8-11)16(12)14(13)7-10/h9-16H,1-8H2. The number of rotatable bonds is 0. The van der Waals surface area contributed by atoms with E-state index in [4.69, 9.17) is 0 Å². The van der Waals surface area contributed by atoms with Crippen molar-refractivity contribution in [3.05, 3.63) is 0 Å². The first kappa shape index (κ1) is 9.00. The van der Waals surface area contributed by atoms with Crippen molar-refractivity contribution < 1.29 is 0 Å². The summed E-state index contributed by atoms with van der Waals surface area (Å²) in [5.41, 5.74) is 0. The van der Waals surface area contributed by atoms with Gasteiger partial charge in [0, 0.05) is 0 Å². The topological polar surface area (TPSA) is 0 Å². The third-order valence-electron chi connectivity index (χ3n) is 7.35. The van der Waals surface area contributed by atoms with Gasteiger partial charge in [-0.1, -0.05) is 12.8 Å². The summed E-state index contributed by atoms with van der Waals surface area (Å²) >= 11 is 0. The molecule has 0 heteroatoms. The highest BCUT2D eigenvalue weighted by atomic mass is 14.7. The molecule has 5 saturated carbocycles. The molecule has 8 atom stereocenters. The van der Waals surface area contributed by atoms with Crippen molar-refractivity contribution >= 4 is 0 Å². The van der Waals surface area contributed by atoms with Crippen LogP contribution in [0.5, 0.6) is 0 Å². The molecule has 0 heterocycles. The third kappa shape index (κ3) is 1.03. The Hall–Kier alpha value is 0. The summed E-state index contributed by atoms with van der Waals surface area (Å²) in [6.07, 6.45) is 13.0. The second-order valence-electron chi connectivity index (χ2n) is 7.82. The number of hydrogen-bond acceptors (Lipinski definition) is 0. The van der Waals surface area contributed by atoms with Gasteiger partial charge in [-0.25, -0.2) is 0 Å². The molecule has 5 rings (SSSR count). The zero-order valence-corrected chi connectivity index (χ0v) is 10.3. The molecular weight excluding hydrogens is 192 g/mol. The molecule has 88 valence electrons. The summed E-state index contributed by atoms with van der Waals surface area (Å²) in [4.78, 5) is 0. The van der Waals surface area contributed by atoms with E-state index in [1.807, 2.05) is 0 Å². The van der Waals surface area contributed by atoms with E-state index in [-0.39, 0.29) is 0 Å². The minimum Gasteiger partial charge on any atom is -0.0502 e. The molecule has 0 spiro atoms. The first-order valence-corrected chi connectivity index (χ1v) is 7.90. The number of hydrogen-bond donors (Lipinski definition) is 0. The Morgan fingerprint density at radius 1 is 0.500 bits per heavy atom. The van der Waals surface area contributed by atoms with Crippen molar-refractivity contribution in [3.63, 3.8) is 0 Å². The Labute approximate surface area is 99.2 Å². The average molecular weight is 216 g/mol. The predicted molar refractivity (Wildman–Crippen MR) is 64.9 cm³/mol. The summed E-state index contributed by atoms with van der Waals surface area (Å²) in [5.74, 6) is 9.62. The number of fused-ring (bicyclic) bond motifs is 7. The van der Waals surface area contributed by atoms with Crippen LogP contribution >= 0.6 is 0 Å². The molecule has 0 nitrogen and oxygen atoms in total. The van der Waals surface area contributed by atoms with Crippen LogP contribution in [-0.4, -0.2) is 0 Å². The van der Waals surface area contributed by atoms with Crippen LogP contribution in [0.15, 0.2) is 0 Å². The average Bonchev–Trinajstić information content (AvgIpc) is 2.90. The van der Waals surface area contributed by atoms with Crippen molar-refractivity contribution in [2.75, 3.05) is 0 Å². The molecule has 0 saturated heterocycles. The van der Waals surface area contributed by atoms with Crippen molar-refractivity contribution in [2.24, 2.45) is 47.3 Å². The lowest BCUT2D eigenvalue weighted by Crippen LogP contribution is -2.31. The van der Waals surface area contributed by atoms with Gasteiger partial charge in [-0.2, -0.15) is 0 Å². The molecule has 5 aliphatic carbocycles. The highest BCUT2D eigenvalue weighted by Crippen LogP contribution is 2.70. The fourth-order valence-corrected chi connectivity index (χ4v) is 6.82. The summed E-state index contributed by atoms with van der Waals surface area (Å²) in [6.45, 7) is 0. The molecule has 0 N–H and O–H groups in total. The molecule has 4 bridgehead atoms. The molecule has 0 radical (unpaired) electrons. The van der Waals surface area contributed by atoms with Gasteiger partial charge in [0.05, 0.1) is 0 Å². The molecule has 16 heavy (non-hydrogen) atoms. The first-order valence-electron chi connectivity index (χ1n) is 7.90. The van der Waals surface area contributed by atoms with Crippen molar-refractivity contribution in [1.29, 1.82) is 0 Å². The van der Waals surface area contributed by atoms with E-state index < -0.39 is 0 Å². The Bertz CT molecular complexity index is 300. The fraction of sp³-hybridized carbons (Fsp3) is 1.00. The van der Waals surface area contributed by atoms with Gasteiger partial charge in [-0.15, -0.1) is 0 Å². The molecule has 0 aliphatic heterocycles. The highest BCUT2D eigenvalue weighted by molar-refractivity contribution is 5.12. The van der Waals surface area contributed by atoms with Crippen LogP contribution in [0.2, 0.25) is 0 Å². The normalized spacial score (nSPS) is 66.0. The maximum Gasteiger partial charge on any atom is -0.0321 e. The lowest BCUT2D eigenvalue weighted by molar-refractivity contribution is 0.103. The van der Waals surface area contributed by atoms with E-state index in [1.54, 1.807) is 51.4 Å². The van der Waals surface area contributed by atoms with E-state index in [0.29, 0.717) is 0 Å². The van der Waals surface area contributed by atoms with Crippen LogP contribution in [0, 0.1) is 47.3 Å². The molecular formula is C16H24. The lowest BCUT2D eigenvalue weighted by atomic mass is 9.66. The Morgan fingerprint density at radius 3 is 2.12 bits per heavy atom. The molecule has 0 aromatic heterocycles. The Kier molecular flexibility index (Phi) is 1.61. The van der Waals surface area contributed by atoms with Crippen molar-refractivity contribution in [2.45, 2.75) is 51.4 Å². The lowest BCUT2D eigenvalue weighted by Gasteiger charge is -2.39. The van der Waals surface area contributed by atoms with Gasteiger partial charge in [0.15, 0.2) is 0 Å². The molecule has 5 fully saturated rings. The largest absolute Gasteiger partial charge is 0.0502 e. The van der Waals surface area contributed by atoms with Crippen LogP contribution in [0.1, 0.15) is 51.4 Å².